The van der Waals surface area contributed by atoms with Crippen molar-refractivity contribution >= 4 is 46.1 Å². The Morgan fingerprint density at radius 1 is 0.947 bits per heavy atom. The predicted molar refractivity (Wildman–Crippen MR) is 151 cm³/mol. The average molecular weight is 513 g/mol. The molecule has 0 saturated carbocycles. The Balaban J connectivity index is 1.72. The second-order valence-electron chi connectivity index (χ2n) is 9.28. The minimum absolute atomic E-state index is 0.0372. The molecule has 0 fully saturated rings. The van der Waals surface area contributed by atoms with Crippen LogP contribution in [0.4, 0.5) is 17.1 Å². The summed E-state index contributed by atoms with van der Waals surface area (Å²) < 4.78 is 4.82. The Morgan fingerprint density at radius 2 is 1.66 bits per heavy atom. The number of nitrogens with zero attached hydrogens (tertiary/aromatic N) is 2. The molecule has 196 valence electrons. The number of rotatable bonds is 9. The van der Waals surface area contributed by atoms with Crippen molar-refractivity contribution in [1.82, 2.24) is 4.90 Å². The number of amides is 2. The van der Waals surface area contributed by atoms with Crippen LogP contribution in [-0.4, -0.2) is 57.0 Å². The zero-order chi connectivity index (χ0) is 27.2. The van der Waals surface area contributed by atoms with Crippen LogP contribution < -0.4 is 15.5 Å². The first kappa shape index (κ1) is 26.6. The predicted octanol–water partition coefficient (Wildman–Crippen LogP) is 4.71. The fourth-order valence-corrected chi connectivity index (χ4v) is 4.40. The second-order valence-corrected chi connectivity index (χ2v) is 9.28. The standard InChI is InChI=1S/C30H32N4O4/c1-5-17-34(26(35)19-33(2)3)23-14-12-22(13-15-23)31-28(20-9-7-6-8-10-20)27-24-16-11-21(30(37)38-4)18-25(24)32-29(27)36/h6-16,18,31H,5,17,19H2,1-4H3,(H,32,36)/b28-27+. The van der Waals surface area contributed by atoms with Crippen LogP contribution in [0, 0.1) is 0 Å². The van der Waals surface area contributed by atoms with Crippen LogP contribution >= 0.6 is 0 Å². The van der Waals surface area contributed by atoms with Gasteiger partial charge in [0.05, 0.1) is 36.2 Å². The maximum absolute atomic E-state index is 13.2. The van der Waals surface area contributed by atoms with Gasteiger partial charge in [0.1, 0.15) is 0 Å². The molecule has 0 radical (unpaired) electrons. The number of nitrogens with one attached hydrogen (secondary N) is 2. The number of anilines is 3. The number of hydrogen-bond acceptors (Lipinski definition) is 6. The fourth-order valence-electron chi connectivity index (χ4n) is 4.40. The van der Waals surface area contributed by atoms with Crippen LogP contribution in [0.1, 0.15) is 34.8 Å². The largest absolute Gasteiger partial charge is 0.465 e. The molecule has 8 heteroatoms. The Hall–Kier alpha value is -4.43. The molecule has 0 saturated heterocycles. The third kappa shape index (κ3) is 5.76. The summed E-state index contributed by atoms with van der Waals surface area (Å²) >= 11 is 0. The van der Waals surface area contributed by atoms with Gasteiger partial charge >= 0.3 is 5.97 Å². The van der Waals surface area contributed by atoms with E-state index in [1.165, 1.54) is 7.11 Å². The van der Waals surface area contributed by atoms with Crippen molar-refractivity contribution in [2.45, 2.75) is 13.3 Å². The van der Waals surface area contributed by atoms with Gasteiger partial charge in [-0.3, -0.25) is 9.59 Å². The van der Waals surface area contributed by atoms with E-state index >= 15 is 0 Å². The first-order valence-corrected chi connectivity index (χ1v) is 12.5. The van der Waals surface area contributed by atoms with Crippen LogP contribution in [0.2, 0.25) is 0 Å². The van der Waals surface area contributed by atoms with Gasteiger partial charge in [0.25, 0.3) is 5.91 Å². The summed E-state index contributed by atoms with van der Waals surface area (Å²) in [5.41, 5.74) is 5.12. The van der Waals surface area contributed by atoms with Gasteiger partial charge in [-0.25, -0.2) is 4.79 Å². The van der Waals surface area contributed by atoms with Gasteiger partial charge in [0.2, 0.25) is 5.91 Å². The Bertz CT molecular complexity index is 1360. The van der Waals surface area contributed by atoms with Crippen molar-refractivity contribution in [3.05, 3.63) is 89.5 Å². The van der Waals surface area contributed by atoms with Gasteiger partial charge in [-0.05, 0) is 62.5 Å². The van der Waals surface area contributed by atoms with Crippen LogP contribution in [-0.2, 0) is 14.3 Å². The van der Waals surface area contributed by atoms with Gasteiger partial charge in [0.15, 0.2) is 0 Å². The highest BCUT2D eigenvalue weighted by molar-refractivity contribution is 6.37. The molecule has 2 amide bonds. The van der Waals surface area contributed by atoms with Crippen molar-refractivity contribution in [1.29, 1.82) is 0 Å². The van der Waals surface area contributed by atoms with Crippen LogP contribution in [0.25, 0.3) is 11.3 Å². The Labute approximate surface area is 222 Å². The molecule has 0 aliphatic carbocycles. The van der Waals surface area contributed by atoms with Gasteiger partial charge in [-0.15, -0.1) is 0 Å². The summed E-state index contributed by atoms with van der Waals surface area (Å²) in [6, 6.07) is 22.2. The molecule has 0 atom stereocenters. The minimum atomic E-state index is -0.470. The molecule has 0 unspecified atom stereocenters. The monoisotopic (exact) mass is 512 g/mol. The van der Waals surface area contributed by atoms with E-state index in [-0.39, 0.29) is 11.8 Å². The highest BCUT2D eigenvalue weighted by Gasteiger charge is 2.29. The fraction of sp³-hybridized carbons (Fsp3) is 0.233. The molecule has 0 bridgehead atoms. The van der Waals surface area contributed by atoms with Crippen molar-refractivity contribution in [2.75, 3.05) is 49.8 Å². The van der Waals surface area contributed by atoms with E-state index in [9.17, 15) is 14.4 Å². The van der Waals surface area contributed by atoms with Crippen LogP contribution in [0.3, 0.4) is 0 Å². The molecule has 1 aliphatic rings. The number of benzene rings is 3. The van der Waals surface area contributed by atoms with Crippen molar-refractivity contribution < 1.29 is 19.1 Å². The van der Waals surface area contributed by atoms with E-state index in [0.29, 0.717) is 41.2 Å². The lowest BCUT2D eigenvalue weighted by Gasteiger charge is -2.24. The molecule has 0 spiro atoms. The summed E-state index contributed by atoms with van der Waals surface area (Å²) in [5, 5.41) is 6.31. The number of ether oxygens (including phenoxy) is 1. The van der Waals surface area contributed by atoms with E-state index < -0.39 is 5.97 Å². The topological polar surface area (TPSA) is 91.0 Å². The molecule has 38 heavy (non-hydrogen) atoms. The average Bonchev–Trinajstić information content (AvgIpc) is 3.25. The number of likely N-dealkylation sites (N-methyl/N-ethyl adjacent to an activating group) is 1. The highest BCUT2D eigenvalue weighted by Crippen LogP contribution is 2.38. The third-order valence-electron chi connectivity index (χ3n) is 6.15. The lowest BCUT2D eigenvalue weighted by Crippen LogP contribution is -2.38. The van der Waals surface area contributed by atoms with Crippen LogP contribution in [0.15, 0.2) is 72.8 Å². The number of methoxy groups -OCH3 is 1. The molecule has 1 aliphatic heterocycles. The van der Waals surface area contributed by atoms with Gasteiger partial charge < -0.3 is 25.2 Å². The first-order chi connectivity index (χ1) is 18.3. The van der Waals surface area contributed by atoms with Crippen LogP contribution in [0.5, 0.6) is 0 Å². The summed E-state index contributed by atoms with van der Waals surface area (Å²) in [6.45, 7) is 3.00. The molecule has 1 heterocycles. The van der Waals surface area contributed by atoms with E-state index in [1.54, 1.807) is 23.1 Å². The number of carbonyl (C=O) groups is 3. The minimum Gasteiger partial charge on any atom is -0.465 e. The molecule has 2 N–H and O–H groups in total. The summed E-state index contributed by atoms with van der Waals surface area (Å²) in [5.74, 6) is -0.703. The molecule has 4 rings (SSSR count). The quantitative estimate of drug-likeness (QED) is 0.319. The zero-order valence-corrected chi connectivity index (χ0v) is 22.1. The number of fused-ring (bicyclic) bond motifs is 1. The highest BCUT2D eigenvalue weighted by atomic mass is 16.5. The second kappa shape index (κ2) is 11.7. The van der Waals surface area contributed by atoms with Gasteiger partial charge in [-0.2, -0.15) is 0 Å². The van der Waals surface area contributed by atoms with Crippen molar-refractivity contribution in [3.63, 3.8) is 0 Å². The normalized spacial score (nSPS) is 13.6. The van der Waals surface area contributed by atoms with E-state index in [1.807, 2.05) is 80.5 Å². The van der Waals surface area contributed by atoms with Crippen molar-refractivity contribution in [3.8, 4) is 0 Å². The van der Waals surface area contributed by atoms with Crippen molar-refractivity contribution in [2.24, 2.45) is 0 Å². The maximum atomic E-state index is 13.2. The van der Waals surface area contributed by atoms with E-state index in [4.69, 9.17) is 4.74 Å². The molecule has 3 aromatic carbocycles. The van der Waals surface area contributed by atoms with E-state index in [2.05, 4.69) is 10.6 Å². The van der Waals surface area contributed by atoms with Gasteiger partial charge in [-0.1, -0.05) is 43.3 Å². The Kier molecular flexibility index (Phi) is 8.23. The first-order valence-electron chi connectivity index (χ1n) is 12.5. The number of carbonyl (C=O) groups excluding carboxylic acids is 3. The van der Waals surface area contributed by atoms with E-state index in [0.717, 1.165) is 23.4 Å². The summed E-state index contributed by atoms with van der Waals surface area (Å²) in [4.78, 5) is 41.6. The van der Waals surface area contributed by atoms with Gasteiger partial charge in [0, 0.05) is 23.5 Å². The lowest BCUT2D eigenvalue weighted by molar-refractivity contribution is -0.119. The third-order valence-corrected chi connectivity index (χ3v) is 6.15. The molecular formula is C30H32N4O4. The number of esters is 1. The maximum Gasteiger partial charge on any atom is 0.337 e. The summed E-state index contributed by atoms with van der Waals surface area (Å²) in [6.07, 6.45) is 0.843. The summed E-state index contributed by atoms with van der Waals surface area (Å²) in [7, 11) is 5.07. The lowest BCUT2D eigenvalue weighted by atomic mass is 9.99. The molecule has 3 aromatic rings. The Morgan fingerprint density at radius 3 is 2.29 bits per heavy atom. The number of hydrogen-bond donors (Lipinski definition) is 2. The smallest absolute Gasteiger partial charge is 0.337 e. The zero-order valence-electron chi connectivity index (χ0n) is 22.1. The molecular weight excluding hydrogens is 480 g/mol. The SMILES string of the molecule is CCCN(C(=O)CN(C)C)c1ccc(N/C(=C2/C(=O)Nc3cc(C(=O)OC)ccc32)c2ccccc2)cc1. The molecule has 8 nitrogen and oxygen atoms in total. The molecule has 0 aromatic heterocycles.